The first-order valence-corrected chi connectivity index (χ1v) is 43.5. The first kappa shape index (κ1) is 94.9. The maximum atomic E-state index is 14.4. The zero-order valence-corrected chi connectivity index (χ0v) is 72.0. The highest BCUT2D eigenvalue weighted by atomic mass is 16.6. The number of H-pyrrole nitrogens is 1. The van der Waals surface area contributed by atoms with Crippen molar-refractivity contribution in [3.8, 4) is 0 Å². The number of piperidine rings is 1. The largest absolute Gasteiger partial charge is 0.460 e. The van der Waals surface area contributed by atoms with Crippen molar-refractivity contribution in [2.45, 2.75) is 206 Å². The lowest BCUT2D eigenvalue weighted by molar-refractivity contribution is -0.167. The van der Waals surface area contributed by atoms with Gasteiger partial charge in [-0.2, -0.15) is 0 Å². The van der Waals surface area contributed by atoms with Crippen molar-refractivity contribution in [1.82, 2.24) is 60.7 Å². The van der Waals surface area contributed by atoms with Gasteiger partial charge in [0.25, 0.3) is 11.8 Å². The maximum Gasteiger partial charge on any atom is 0.407 e. The third kappa shape index (κ3) is 30.2. The Balaban J connectivity index is 0.541. The number of unbranched alkanes of at least 4 members (excludes halogenated alkanes) is 1. The fourth-order valence-electron chi connectivity index (χ4n) is 15.7. The summed E-state index contributed by atoms with van der Waals surface area (Å²) in [6.45, 7) is 15.9. The second-order valence-electron chi connectivity index (χ2n) is 32.5. The number of aromatic nitrogens is 8. The third-order valence-electron chi connectivity index (χ3n) is 23.1. The Morgan fingerprint density at radius 1 is 0.683 bits per heavy atom. The van der Waals surface area contributed by atoms with Gasteiger partial charge in [0.2, 0.25) is 23.6 Å². The summed E-state index contributed by atoms with van der Waals surface area (Å²) in [7, 11) is 1.63. The molecule has 34 nitrogen and oxygen atoms in total. The average molecular weight is 1710 g/mol. The van der Waals surface area contributed by atoms with E-state index in [2.05, 4.69) is 66.0 Å². The van der Waals surface area contributed by atoms with Crippen molar-refractivity contribution >= 4 is 87.4 Å². The van der Waals surface area contributed by atoms with Crippen molar-refractivity contribution in [3.63, 3.8) is 0 Å². The lowest BCUT2D eigenvalue weighted by atomic mass is 9.83. The normalized spacial score (nSPS) is 24.7. The predicted octanol–water partition coefficient (Wildman–Crippen LogP) is 8.82. The highest BCUT2D eigenvalue weighted by molar-refractivity contribution is 6.38. The van der Waals surface area contributed by atoms with E-state index >= 15 is 0 Å². The number of ketones is 3. The molecule has 2 unspecified atom stereocenters. The molecule has 9 atom stereocenters. The maximum absolute atomic E-state index is 14.4. The number of ether oxygens (including phenoxy) is 8. The SMILES string of the molecule is CO[C@H]1CC2CCCC(O2)C(=O)C(=O)N2CCCC[C@H]2C(=O)O[C@H](CC[C@H]2CC[C@H](OC(=O)NCCOCCOCCOCCOCCC(=O)NCc3cnc(N4CCN(c5ncc(C(=O)NCCCCNc6ncnc(N)c6C(=N)c6cnc7[nH]ccc7c6)cn5)CC4)nc3)CC2)CC(=O)[C@H](C)/C=C(\C)[C@@H](O)CC(=O)[C@H](C)C[C@H](C)/C=C/C=C/C=C/1C. The molecule has 34 heteroatoms. The molecule has 5 aliphatic rings. The van der Waals surface area contributed by atoms with E-state index in [1.165, 1.54) is 23.6 Å². The molecule has 4 fully saturated rings. The van der Waals surface area contributed by atoms with Crippen LogP contribution in [0.15, 0.2) is 103 Å². The summed E-state index contributed by atoms with van der Waals surface area (Å²) in [6.07, 6.45) is 27.6. The van der Waals surface area contributed by atoms with Gasteiger partial charge in [-0.1, -0.05) is 57.2 Å². The molecular formula is C89H125N17O17. The lowest BCUT2D eigenvalue weighted by Gasteiger charge is -2.36. The van der Waals surface area contributed by atoms with E-state index < -0.39 is 54.0 Å². The van der Waals surface area contributed by atoms with E-state index in [1.54, 1.807) is 51.8 Å². The molecule has 4 aliphatic heterocycles. The van der Waals surface area contributed by atoms with Gasteiger partial charge >= 0.3 is 12.1 Å². The van der Waals surface area contributed by atoms with Crippen LogP contribution in [0, 0.1) is 29.1 Å². The number of carbonyl (C=O) groups excluding carboxylic acids is 8. The number of carbonyl (C=O) groups is 8. The number of methoxy groups -OCH3 is 1. The summed E-state index contributed by atoms with van der Waals surface area (Å²) in [5.41, 5.74) is 10.6. The molecule has 1 saturated carbocycles. The minimum Gasteiger partial charge on any atom is -0.460 e. The molecule has 5 aromatic rings. The van der Waals surface area contributed by atoms with E-state index in [0.29, 0.717) is 209 Å². The number of cyclic esters (lactones) is 1. The Hall–Kier alpha value is -10.4. The number of nitrogens with two attached hydrogens (primary N) is 1. The monoisotopic (exact) mass is 1700 g/mol. The number of esters is 1. The number of piperazine rings is 1. The number of pyridine rings is 1. The molecule has 4 amide bonds. The number of anilines is 4. The highest BCUT2D eigenvalue weighted by Crippen LogP contribution is 2.34. The molecule has 668 valence electrons. The van der Waals surface area contributed by atoms with Crippen molar-refractivity contribution in [2.24, 2.45) is 23.7 Å². The van der Waals surface area contributed by atoms with E-state index in [1.807, 2.05) is 68.2 Å². The van der Waals surface area contributed by atoms with Gasteiger partial charge in [0, 0.05) is 157 Å². The van der Waals surface area contributed by atoms with Crippen LogP contribution in [0.4, 0.5) is 28.3 Å². The lowest BCUT2D eigenvalue weighted by Crippen LogP contribution is -2.54. The molecule has 123 heavy (non-hydrogen) atoms. The van der Waals surface area contributed by atoms with Gasteiger partial charge in [-0.3, -0.25) is 34.2 Å². The van der Waals surface area contributed by atoms with Crippen LogP contribution >= 0.6 is 0 Å². The second-order valence-corrected chi connectivity index (χ2v) is 32.5. The van der Waals surface area contributed by atoms with Crippen LogP contribution in [0.25, 0.3) is 11.0 Å². The summed E-state index contributed by atoms with van der Waals surface area (Å²) in [5, 5.41) is 32.8. The number of nitrogens with zero attached hydrogens (tertiary/aromatic N) is 10. The highest BCUT2D eigenvalue weighted by Gasteiger charge is 2.42. The van der Waals surface area contributed by atoms with E-state index in [-0.39, 0.29) is 123 Å². The molecule has 0 radical (unpaired) electrons. The van der Waals surface area contributed by atoms with Crippen LogP contribution in [0.5, 0.6) is 0 Å². The molecule has 5 aromatic heterocycles. The summed E-state index contributed by atoms with van der Waals surface area (Å²) in [6, 6.07) is 2.72. The van der Waals surface area contributed by atoms with Gasteiger partial charge in [0.1, 0.15) is 59.5 Å². The van der Waals surface area contributed by atoms with Gasteiger partial charge in [0.15, 0.2) is 0 Å². The first-order valence-electron chi connectivity index (χ1n) is 43.5. The van der Waals surface area contributed by atoms with Gasteiger partial charge in [-0.25, -0.2) is 44.5 Å². The van der Waals surface area contributed by atoms with Crippen LogP contribution in [-0.2, 0) is 73.2 Å². The van der Waals surface area contributed by atoms with Crippen LogP contribution < -0.4 is 36.8 Å². The summed E-state index contributed by atoms with van der Waals surface area (Å²) >= 11 is 0. The van der Waals surface area contributed by atoms with Crippen molar-refractivity contribution in [2.75, 3.05) is 133 Å². The summed E-state index contributed by atoms with van der Waals surface area (Å²) < 4.78 is 46.7. The Labute approximate surface area is 719 Å². The minimum absolute atomic E-state index is 0.0795. The first-order chi connectivity index (χ1) is 59.6. The molecule has 3 saturated heterocycles. The molecule has 0 spiro atoms. The summed E-state index contributed by atoms with van der Waals surface area (Å²) in [4.78, 5) is 148. The number of hydrogen-bond donors (Lipinski definition) is 8. The van der Waals surface area contributed by atoms with Crippen molar-refractivity contribution in [1.29, 1.82) is 5.41 Å². The number of Topliss-reactive ketones (excluding diaryl/α,β-unsaturated/α-hetero) is 3. The number of nitrogen functional groups attached to an aromatic ring is 1. The number of amides is 4. The molecule has 1 aliphatic carbocycles. The van der Waals surface area contributed by atoms with Crippen LogP contribution in [0.3, 0.4) is 0 Å². The van der Waals surface area contributed by atoms with E-state index in [4.69, 9.17) is 49.0 Å². The summed E-state index contributed by atoms with van der Waals surface area (Å²) in [5.74, 6) is -1.90. The topological polar surface area (TPSA) is 444 Å². The molecular weight excluding hydrogens is 1580 g/mol. The Kier molecular flexibility index (Phi) is 38.4. The van der Waals surface area contributed by atoms with Crippen LogP contribution in [0.2, 0.25) is 0 Å². The zero-order chi connectivity index (χ0) is 87.4. The number of aromatic amines is 1. The van der Waals surface area contributed by atoms with Crippen LogP contribution in [-0.4, -0.2) is 258 Å². The quantitative estimate of drug-likeness (QED) is 0.00639. The standard InChI is InChI=1S/C89H125N17O17/c1-58-15-8-7-9-16-59(2)76(116-6)49-69-17-14-19-75(121-69)80(111)85(113)106-32-13-10-18-71(106)86(114)122-70(48-72(107)61(4)46-62(5)74(109)50-73(108)60(3)45-58)25-22-63-20-23-68(24-21-63)123-89(115)95-31-38-118-40-42-120-44-43-119-41-39-117-37-27-77(110)96-51-64-52-98-87(99-53-64)104-33-35-105(36-34-104)88-100-55-67(56-101-88)84(112)94-29-12-11-28-92-83-78(81(91)102-57-103-83)79(90)66-47-65-26-30-93-82(65)97-54-66/h7-9,15-16,26,30,46-47,52-58,60-61,63,68-71,74-76,90,109H,10-14,17-25,27-29,31-45,48-51H2,1-6H3,(H,93,97)(H,94,112)(H,95,115)(H,96,110)(H3,91,92,102,103)/b9-7+,15-8+,59-16+,62-46+,90-79?/t58-,60-,61-,63-,68-,69?,70-,71+,74+,75?,76+/m1/s1. The number of alkyl carbamates (subject to hydrolysis) is 1. The fraction of sp³-hybridized carbons (Fsp3) is 0.596. The molecule has 9 N–H and O–H groups in total. The Morgan fingerprint density at radius 3 is 2.08 bits per heavy atom. The van der Waals surface area contributed by atoms with Gasteiger partial charge < -0.3 is 89.7 Å². The van der Waals surface area contributed by atoms with E-state index in [9.17, 15) is 43.5 Å². The number of fused-ring (bicyclic) bond motifs is 4. The Morgan fingerprint density at radius 2 is 1.37 bits per heavy atom. The predicted molar refractivity (Wildman–Crippen MR) is 462 cm³/mol. The third-order valence-corrected chi connectivity index (χ3v) is 23.1. The number of allylic oxidation sites excluding steroid dienone is 6. The number of hydrogen-bond acceptors (Lipinski definition) is 29. The smallest absolute Gasteiger partial charge is 0.407 e. The second kappa shape index (κ2) is 49.8. The van der Waals surface area contributed by atoms with Crippen molar-refractivity contribution < 1.29 is 81.4 Å². The van der Waals surface area contributed by atoms with Gasteiger partial charge in [0.05, 0.1) is 88.0 Å². The van der Waals surface area contributed by atoms with Gasteiger partial charge in [-0.15, -0.1) is 0 Å². The van der Waals surface area contributed by atoms with Crippen molar-refractivity contribution in [3.05, 3.63) is 125 Å². The fourth-order valence-corrected chi connectivity index (χ4v) is 15.7. The van der Waals surface area contributed by atoms with E-state index in [0.717, 1.165) is 35.0 Å². The Bertz CT molecular complexity index is 4390. The zero-order valence-electron chi connectivity index (χ0n) is 72.0. The minimum atomic E-state index is -1.09. The number of aliphatic hydroxyl groups excluding tert-OH is 1. The number of nitrogens with one attached hydrogen (secondary N) is 6. The van der Waals surface area contributed by atoms with Gasteiger partial charge in [-0.05, 0) is 145 Å². The molecule has 2 bridgehead atoms. The molecule has 10 rings (SSSR count). The average Bonchev–Trinajstić information content (AvgIpc) is 1.79. The molecule has 9 heterocycles. The number of rotatable bonds is 33. The molecule has 0 aromatic carbocycles. The number of aliphatic hydroxyl groups is 1. The van der Waals surface area contributed by atoms with Crippen LogP contribution in [0.1, 0.15) is 184 Å².